The number of nitrogens with zero attached hydrogens (tertiary/aromatic N) is 2. The fourth-order valence-electron chi connectivity index (χ4n) is 2.53. The first-order valence-electron chi connectivity index (χ1n) is 8.05. The lowest BCUT2D eigenvalue weighted by atomic mass is 10.1. The molecular formula is C19H16ClF3N2OS. The second kappa shape index (κ2) is 8.37. The summed E-state index contributed by atoms with van der Waals surface area (Å²) < 4.78 is 40.4. The number of hydrogen-bond donors (Lipinski definition) is 1. The third kappa shape index (κ3) is 5.28. The highest BCUT2D eigenvalue weighted by molar-refractivity contribution is 7.98. The van der Waals surface area contributed by atoms with Crippen LogP contribution in [-0.2, 0) is 25.1 Å². The standard InChI is InChI=1S/C19H16ClF3N2OS/c20-16-6-4-13(5-7-16)9-25-10-17(11-26)24-18(25)27-12-14-2-1-3-15(8-14)19(21,22)23/h1-8,10,26H,9,11-12H2. The van der Waals surface area contributed by atoms with Crippen LogP contribution in [0.3, 0.4) is 0 Å². The van der Waals surface area contributed by atoms with Crippen LogP contribution in [0.15, 0.2) is 59.9 Å². The van der Waals surface area contributed by atoms with E-state index in [0.717, 1.165) is 17.7 Å². The highest BCUT2D eigenvalue weighted by atomic mass is 35.5. The fraction of sp³-hybridized carbons (Fsp3) is 0.211. The van der Waals surface area contributed by atoms with Crippen LogP contribution in [0.1, 0.15) is 22.4 Å². The largest absolute Gasteiger partial charge is 0.416 e. The normalized spacial score (nSPS) is 11.7. The van der Waals surface area contributed by atoms with Gasteiger partial charge in [-0.05, 0) is 29.3 Å². The van der Waals surface area contributed by atoms with Crippen molar-refractivity contribution in [2.75, 3.05) is 0 Å². The molecule has 0 aliphatic rings. The molecule has 3 rings (SSSR count). The third-order valence-corrected chi connectivity index (χ3v) is 5.15. The number of aliphatic hydroxyl groups is 1. The zero-order valence-electron chi connectivity index (χ0n) is 14.1. The summed E-state index contributed by atoms with van der Waals surface area (Å²) in [6, 6.07) is 12.6. The fourth-order valence-corrected chi connectivity index (χ4v) is 3.59. The molecule has 3 nitrogen and oxygen atoms in total. The third-order valence-electron chi connectivity index (χ3n) is 3.84. The summed E-state index contributed by atoms with van der Waals surface area (Å²) in [5, 5.41) is 10.6. The predicted molar refractivity (Wildman–Crippen MR) is 99.7 cm³/mol. The summed E-state index contributed by atoms with van der Waals surface area (Å²) in [5.41, 5.74) is 1.40. The number of hydrogen-bond acceptors (Lipinski definition) is 3. The maximum absolute atomic E-state index is 12.9. The van der Waals surface area contributed by atoms with Crippen molar-refractivity contribution < 1.29 is 18.3 Å². The number of aromatic nitrogens is 2. The Bertz CT molecular complexity index is 910. The lowest BCUT2D eigenvalue weighted by molar-refractivity contribution is -0.137. The molecule has 0 unspecified atom stereocenters. The van der Waals surface area contributed by atoms with Gasteiger partial charge in [0.1, 0.15) is 0 Å². The van der Waals surface area contributed by atoms with E-state index in [-0.39, 0.29) is 6.61 Å². The molecule has 0 radical (unpaired) electrons. The van der Waals surface area contributed by atoms with E-state index in [1.54, 1.807) is 24.4 Å². The second-order valence-corrected chi connectivity index (χ2v) is 7.29. The smallest absolute Gasteiger partial charge is 0.390 e. The van der Waals surface area contributed by atoms with Crippen LogP contribution in [-0.4, -0.2) is 14.7 Å². The van der Waals surface area contributed by atoms with E-state index < -0.39 is 11.7 Å². The molecular weight excluding hydrogens is 397 g/mol. The first-order chi connectivity index (χ1) is 12.8. The number of alkyl halides is 3. The Hall–Kier alpha value is -1.96. The first-order valence-corrected chi connectivity index (χ1v) is 9.42. The van der Waals surface area contributed by atoms with Gasteiger partial charge in [-0.3, -0.25) is 0 Å². The summed E-state index contributed by atoms with van der Waals surface area (Å²) in [5.74, 6) is 0.340. The van der Waals surface area contributed by atoms with Gasteiger partial charge in [-0.25, -0.2) is 4.98 Å². The van der Waals surface area contributed by atoms with E-state index in [1.807, 2.05) is 16.7 Å². The van der Waals surface area contributed by atoms with Crippen LogP contribution in [0, 0.1) is 0 Å². The van der Waals surface area contributed by atoms with Gasteiger partial charge in [0.25, 0.3) is 0 Å². The molecule has 2 aromatic carbocycles. The van der Waals surface area contributed by atoms with Crippen LogP contribution in [0.4, 0.5) is 13.2 Å². The molecule has 0 saturated heterocycles. The van der Waals surface area contributed by atoms with Gasteiger partial charge in [0.05, 0.1) is 17.9 Å². The van der Waals surface area contributed by atoms with Gasteiger partial charge in [0, 0.05) is 23.5 Å². The Morgan fingerprint density at radius 1 is 1.07 bits per heavy atom. The van der Waals surface area contributed by atoms with E-state index in [4.69, 9.17) is 11.6 Å². The molecule has 142 valence electrons. The van der Waals surface area contributed by atoms with Crippen molar-refractivity contribution in [3.8, 4) is 0 Å². The zero-order valence-corrected chi connectivity index (χ0v) is 15.7. The maximum atomic E-state index is 12.9. The van der Waals surface area contributed by atoms with Crippen molar-refractivity contribution in [2.24, 2.45) is 0 Å². The van der Waals surface area contributed by atoms with Crippen molar-refractivity contribution in [3.05, 3.63) is 82.1 Å². The Morgan fingerprint density at radius 2 is 1.81 bits per heavy atom. The number of benzene rings is 2. The molecule has 1 heterocycles. The molecule has 0 bridgehead atoms. The Labute approximate surface area is 163 Å². The highest BCUT2D eigenvalue weighted by Gasteiger charge is 2.30. The summed E-state index contributed by atoms with van der Waals surface area (Å²) in [4.78, 5) is 4.36. The monoisotopic (exact) mass is 412 g/mol. The van der Waals surface area contributed by atoms with E-state index in [1.165, 1.54) is 17.8 Å². The Kier molecular flexibility index (Phi) is 6.14. The molecule has 8 heteroatoms. The van der Waals surface area contributed by atoms with Gasteiger partial charge in [-0.1, -0.05) is 53.7 Å². The van der Waals surface area contributed by atoms with E-state index >= 15 is 0 Å². The summed E-state index contributed by atoms with van der Waals surface area (Å²) in [6.45, 7) is 0.319. The van der Waals surface area contributed by atoms with Gasteiger partial charge in [-0.15, -0.1) is 0 Å². The number of halogens is 4. The van der Waals surface area contributed by atoms with Crippen molar-refractivity contribution in [1.82, 2.24) is 9.55 Å². The van der Waals surface area contributed by atoms with Gasteiger partial charge in [0.15, 0.2) is 5.16 Å². The maximum Gasteiger partial charge on any atom is 0.416 e. The minimum atomic E-state index is -4.36. The molecule has 3 aromatic rings. The predicted octanol–water partition coefficient (Wildman–Crippen LogP) is 5.39. The summed E-state index contributed by atoms with van der Waals surface area (Å²) in [7, 11) is 0. The lowest BCUT2D eigenvalue weighted by Crippen LogP contribution is -2.05. The van der Waals surface area contributed by atoms with Gasteiger partial charge >= 0.3 is 6.18 Å². The first kappa shape index (κ1) is 19.8. The second-order valence-electron chi connectivity index (χ2n) is 5.91. The van der Waals surface area contributed by atoms with E-state index in [9.17, 15) is 18.3 Å². The molecule has 0 saturated carbocycles. The van der Waals surface area contributed by atoms with Crippen molar-refractivity contribution in [3.63, 3.8) is 0 Å². The molecule has 0 atom stereocenters. The minimum Gasteiger partial charge on any atom is -0.390 e. The van der Waals surface area contributed by atoms with Crippen LogP contribution >= 0.6 is 23.4 Å². The van der Waals surface area contributed by atoms with E-state index in [2.05, 4.69) is 4.98 Å². The molecule has 27 heavy (non-hydrogen) atoms. The highest BCUT2D eigenvalue weighted by Crippen LogP contribution is 2.31. The van der Waals surface area contributed by atoms with Crippen LogP contribution in [0.5, 0.6) is 0 Å². The topological polar surface area (TPSA) is 38.0 Å². The average Bonchev–Trinajstić information content (AvgIpc) is 3.03. The van der Waals surface area contributed by atoms with Crippen molar-refractivity contribution in [1.29, 1.82) is 0 Å². The van der Waals surface area contributed by atoms with Gasteiger partial charge < -0.3 is 9.67 Å². The number of rotatable bonds is 6. The summed E-state index contributed by atoms with van der Waals surface area (Å²) >= 11 is 7.22. The molecule has 1 N–H and O–H groups in total. The average molecular weight is 413 g/mol. The zero-order chi connectivity index (χ0) is 19.4. The van der Waals surface area contributed by atoms with Gasteiger partial charge in [-0.2, -0.15) is 13.2 Å². The molecule has 1 aromatic heterocycles. The van der Waals surface area contributed by atoms with Crippen LogP contribution < -0.4 is 0 Å². The minimum absolute atomic E-state index is 0.204. The molecule has 0 fully saturated rings. The summed E-state index contributed by atoms with van der Waals surface area (Å²) in [6.07, 6.45) is -2.62. The molecule has 0 spiro atoms. The van der Waals surface area contributed by atoms with Crippen molar-refractivity contribution in [2.45, 2.75) is 30.2 Å². The molecule has 0 aliphatic heterocycles. The lowest BCUT2D eigenvalue weighted by Gasteiger charge is -2.10. The quantitative estimate of drug-likeness (QED) is 0.552. The van der Waals surface area contributed by atoms with Gasteiger partial charge in [0.2, 0.25) is 0 Å². The molecule has 0 amide bonds. The number of imidazole rings is 1. The number of aliphatic hydroxyl groups excluding tert-OH is 1. The Balaban J connectivity index is 1.76. The number of thioether (sulfide) groups is 1. The SMILES string of the molecule is OCc1cn(Cc2ccc(Cl)cc2)c(SCc2cccc(C(F)(F)F)c2)n1. The Morgan fingerprint density at radius 3 is 2.48 bits per heavy atom. The van der Waals surface area contributed by atoms with Crippen molar-refractivity contribution >= 4 is 23.4 Å². The molecule has 0 aliphatic carbocycles. The van der Waals surface area contributed by atoms with E-state index in [0.29, 0.717) is 33.7 Å². The van der Waals surface area contributed by atoms with Crippen LogP contribution in [0.2, 0.25) is 5.02 Å². The van der Waals surface area contributed by atoms with Crippen LogP contribution in [0.25, 0.3) is 0 Å².